The Morgan fingerprint density at radius 2 is 1.35 bits per heavy atom. The van der Waals surface area contributed by atoms with E-state index in [4.69, 9.17) is 27.9 Å². The number of rotatable bonds is 11. The molecule has 0 N–H and O–H groups in total. The van der Waals surface area contributed by atoms with Gasteiger partial charge in [-0.05, 0) is 69.5 Å². The molecule has 0 radical (unpaired) electrons. The maximum atomic E-state index is 6.18. The van der Waals surface area contributed by atoms with Gasteiger partial charge in [-0.15, -0.1) is 23.2 Å². The largest absolute Gasteiger partial charge is 0.494 e. The molecule has 0 aliphatic rings. The van der Waals surface area contributed by atoms with Crippen molar-refractivity contribution in [1.29, 1.82) is 0 Å². The van der Waals surface area contributed by atoms with Gasteiger partial charge < -0.3 is 4.74 Å². The fraction of sp³-hybridized carbons (Fsp3) is 0.429. The van der Waals surface area contributed by atoms with Crippen molar-refractivity contribution in [2.75, 3.05) is 6.61 Å². The lowest BCUT2D eigenvalue weighted by Crippen LogP contribution is -2.04. The van der Waals surface area contributed by atoms with Gasteiger partial charge in [0, 0.05) is 11.8 Å². The third kappa shape index (κ3) is 6.64. The summed E-state index contributed by atoms with van der Waals surface area (Å²) < 4.78 is 6.00. The predicted octanol–water partition coefficient (Wildman–Crippen LogP) is 9.22. The van der Waals surface area contributed by atoms with Crippen molar-refractivity contribution in [3.8, 4) is 16.9 Å². The highest BCUT2D eigenvalue weighted by Crippen LogP contribution is 2.31. The highest BCUT2D eigenvalue weighted by atomic mass is 35.5. The van der Waals surface area contributed by atoms with Crippen LogP contribution in [0.2, 0.25) is 0 Å². The fourth-order valence-corrected chi connectivity index (χ4v) is 4.49. The van der Waals surface area contributed by atoms with E-state index in [0.29, 0.717) is 17.7 Å². The second kappa shape index (κ2) is 11.8. The Bertz CT molecular complexity index is 963. The van der Waals surface area contributed by atoms with Crippen molar-refractivity contribution in [3.05, 3.63) is 65.7 Å². The van der Waals surface area contributed by atoms with E-state index >= 15 is 0 Å². The molecular weight excluding hydrogens is 423 g/mol. The number of benzene rings is 3. The summed E-state index contributed by atoms with van der Waals surface area (Å²) in [5.74, 6) is 3.44. The molecule has 3 aromatic rings. The van der Waals surface area contributed by atoms with E-state index in [2.05, 4.69) is 75.4 Å². The molecule has 0 saturated heterocycles. The van der Waals surface area contributed by atoms with E-state index in [1.165, 1.54) is 41.2 Å². The fourth-order valence-electron chi connectivity index (χ4n) is 4.02. The summed E-state index contributed by atoms with van der Waals surface area (Å²) in [7, 11) is 0. The van der Waals surface area contributed by atoms with E-state index in [1.807, 2.05) is 0 Å². The van der Waals surface area contributed by atoms with E-state index in [0.717, 1.165) is 35.8 Å². The molecule has 0 spiro atoms. The topological polar surface area (TPSA) is 9.23 Å². The Hall–Kier alpha value is -1.70. The van der Waals surface area contributed by atoms with Gasteiger partial charge in [-0.1, -0.05) is 76.4 Å². The quantitative estimate of drug-likeness (QED) is 0.261. The zero-order valence-electron chi connectivity index (χ0n) is 19.0. The number of halogens is 2. The lowest BCUT2D eigenvalue weighted by atomic mass is 9.96. The van der Waals surface area contributed by atoms with Crippen LogP contribution >= 0.6 is 23.2 Å². The van der Waals surface area contributed by atoms with E-state index in [-0.39, 0.29) is 0 Å². The first-order chi connectivity index (χ1) is 15.0. The Morgan fingerprint density at radius 1 is 0.710 bits per heavy atom. The van der Waals surface area contributed by atoms with Gasteiger partial charge in [0.15, 0.2) is 0 Å². The Balaban J connectivity index is 1.63. The first-order valence-electron chi connectivity index (χ1n) is 11.4. The van der Waals surface area contributed by atoms with Gasteiger partial charge in [0.25, 0.3) is 0 Å². The van der Waals surface area contributed by atoms with Crippen LogP contribution in [-0.2, 0) is 11.8 Å². The smallest absolute Gasteiger partial charge is 0.119 e. The second-order valence-corrected chi connectivity index (χ2v) is 9.54. The molecule has 3 heteroatoms. The number of alkyl halides is 2. The van der Waals surface area contributed by atoms with Crippen molar-refractivity contribution in [1.82, 2.24) is 0 Å². The molecular formula is C28H34Cl2O. The molecule has 3 aromatic carbocycles. The van der Waals surface area contributed by atoms with Crippen LogP contribution in [0.1, 0.15) is 57.6 Å². The predicted molar refractivity (Wildman–Crippen MR) is 136 cm³/mol. The summed E-state index contributed by atoms with van der Waals surface area (Å²) in [4.78, 5) is 0. The van der Waals surface area contributed by atoms with Crippen LogP contribution in [0, 0.1) is 11.8 Å². The number of hydrogen-bond donors (Lipinski definition) is 0. The molecule has 1 atom stereocenters. The summed E-state index contributed by atoms with van der Waals surface area (Å²) in [5, 5.41) is 2.36. The molecule has 166 valence electrons. The lowest BCUT2D eigenvalue weighted by Gasteiger charge is -2.14. The van der Waals surface area contributed by atoms with E-state index in [1.54, 1.807) is 0 Å². The van der Waals surface area contributed by atoms with Gasteiger partial charge in [0.1, 0.15) is 5.75 Å². The highest BCUT2D eigenvalue weighted by Gasteiger charge is 2.08. The van der Waals surface area contributed by atoms with Crippen LogP contribution < -0.4 is 4.74 Å². The molecule has 1 nitrogen and oxygen atoms in total. The van der Waals surface area contributed by atoms with E-state index in [9.17, 15) is 0 Å². The summed E-state index contributed by atoms with van der Waals surface area (Å²) in [6.07, 6.45) is 5.03. The first-order valence-corrected chi connectivity index (χ1v) is 12.5. The third-order valence-corrected chi connectivity index (χ3v) is 6.61. The third-order valence-electron chi connectivity index (χ3n) is 6.03. The summed E-state index contributed by atoms with van der Waals surface area (Å²) in [6, 6.07) is 19.1. The minimum Gasteiger partial charge on any atom is -0.494 e. The molecule has 0 aromatic heterocycles. The van der Waals surface area contributed by atoms with Gasteiger partial charge in [-0.3, -0.25) is 0 Å². The molecule has 0 aliphatic carbocycles. The van der Waals surface area contributed by atoms with Crippen molar-refractivity contribution >= 4 is 34.0 Å². The monoisotopic (exact) mass is 456 g/mol. The van der Waals surface area contributed by atoms with Crippen LogP contribution in [0.15, 0.2) is 54.6 Å². The minimum absolute atomic E-state index is 0.491. The zero-order chi connectivity index (χ0) is 22.2. The van der Waals surface area contributed by atoms with Gasteiger partial charge >= 0.3 is 0 Å². The molecule has 0 fully saturated rings. The molecule has 31 heavy (non-hydrogen) atoms. The maximum Gasteiger partial charge on any atom is 0.119 e. The van der Waals surface area contributed by atoms with Gasteiger partial charge in [-0.25, -0.2) is 0 Å². The zero-order valence-corrected chi connectivity index (χ0v) is 20.5. The van der Waals surface area contributed by atoms with Gasteiger partial charge in [-0.2, -0.15) is 0 Å². The Kier molecular flexibility index (Phi) is 9.11. The Morgan fingerprint density at radius 3 is 2.00 bits per heavy atom. The SMILES string of the molecule is CC(C)CCCC(C)CCOc1ccc(-c2ccc3c(CCl)ccc(CCl)c3c2)cc1. The van der Waals surface area contributed by atoms with Crippen LogP contribution in [-0.4, -0.2) is 6.61 Å². The first kappa shape index (κ1) is 24.0. The number of fused-ring (bicyclic) bond motifs is 1. The number of hydrogen-bond acceptors (Lipinski definition) is 1. The average molecular weight is 457 g/mol. The molecule has 1 unspecified atom stereocenters. The van der Waals surface area contributed by atoms with Crippen molar-refractivity contribution in [2.45, 2.75) is 58.2 Å². The van der Waals surface area contributed by atoms with Crippen molar-refractivity contribution in [2.24, 2.45) is 11.8 Å². The highest BCUT2D eigenvalue weighted by molar-refractivity contribution is 6.19. The van der Waals surface area contributed by atoms with Crippen LogP contribution in [0.4, 0.5) is 0 Å². The summed E-state index contributed by atoms with van der Waals surface area (Å²) in [5.41, 5.74) is 4.62. The maximum absolute atomic E-state index is 6.18. The number of ether oxygens (including phenoxy) is 1. The molecule has 3 rings (SSSR count). The van der Waals surface area contributed by atoms with Crippen LogP contribution in [0.25, 0.3) is 21.9 Å². The molecule has 0 aliphatic heterocycles. The van der Waals surface area contributed by atoms with Crippen molar-refractivity contribution in [3.63, 3.8) is 0 Å². The van der Waals surface area contributed by atoms with Gasteiger partial charge in [0.2, 0.25) is 0 Å². The molecule has 0 bridgehead atoms. The molecule has 0 amide bonds. The lowest BCUT2D eigenvalue weighted by molar-refractivity contribution is 0.276. The van der Waals surface area contributed by atoms with Crippen molar-refractivity contribution < 1.29 is 4.74 Å². The standard InChI is InChI=1S/C28H34Cl2O/c1-20(2)5-4-6-21(3)15-16-31-26-12-9-22(10-13-26)23-11-14-27-24(18-29)7-8-25(19-30)28(27)17-23/h7-14,17,20-21H,4-6,15-16,18-19H2,1-3H3. The molecule has 0 saturated carbocycles. The van der Waals surface area contributed by atoms with Crippen LogP contribution in [0.5, 0.6) is 5.75 Å². The average Bonchev–Trinajstić information content (AvgIpc) is 2.78. The Labute approximate surface area is 197 Å². The van der Waals surface area contributed by atoms with Gasteiger partial charge in [0.05, 0.1) is 6.61 Å². The minimum atomic E-state index is 0.491. The van der Waals surface area contributed by atoms with Crippen LogP contribution in [0.3, 0.4) is 0 Å². The normalized spacial score (nSPS) is 12.5. The second-order valence-electron chi connectivity index (χ2n) is 9.00. The summed E-state index contributed by atoms with van der Waals surface area (Å²) in [6.45, 7) is 7.70. The molecule has 0 heterocycles. The van der Waals surface area contributed by atoms with E-state index < -0.39 is 0 Å². The summed E-state index contributed by atoms with van der Waals surface area (Å²) >= 11 is 12.3.